The maximum absolute atomic E-state index is 13.1. The van der Waals surface area contributed by atoms with Gasteiger partial charge in [0.25, 0.3) is 10.1 Å². The summed E-state index contributed by atoms with van der Waals surface area (Å²) in [5, 5.41) is 0. The summed E-state index contributed by atoms with van der Waals surface area (Å²) in [5.74, 6) is -2.10. The van der Waals surface area contributed by atoms with Gasteiger partial charge in [-0.05, 0) is 31.9 Å². The Bertz CT molecular complexity index is 714. The summed E-state index contributed by atoms with van der Waals surface area (Å²) in [7, 11) is -3.78. The summed E-state index contributed by atoms with van der Waals surface area (Å²) in [6.45, 7) is 2.89. The van der Waals surface area contributed by atoms with Gasteiger partial charge in [-0.3, -0.25) is 8.98 Å². The number of hydrogen-bond donors (Lipinski definition) is 0. The van der Waals surface area contributed by atoms with E-state index in [-0.39, 0.29) is 5.91 Å². The molecule has 8 heteroatoms. The van der Waals surface area contributed by atoms with Gasteiger partial charge < -0.3 is 14.4 Å². The van der Waals surface area contributed by atoms with Crippen LogP contribution in [0, 0.1) is 5.92 Å². The molecule has 7 nitrogen and oxygen atoms in total. The first-order chi connectivity index (χ1) is 11.8. The number of nitrogens with zero attached hydrogens (tertiary/aromatic N) is 1. The lowest BCUT2D eigenvalue weighted by Crippen LogP contribution is -2.55. The molecule has 0 N–H and O–H groups in total. The van der Waals surface area contributed by atoms with Crippen LogP contribution in [0.15, 0.2) is 30.3 Å². The number of rotatable bonds is 5. The molecule has 0 bridgehead atoms. The fraction of sp³-hybridized carbons (Fsp3) is 0.588. The second-order valence-electron chi connectivity index (χ2n) is 6.51. The van der Waals surface area contributed by atoms with Crippen molar-refractivity contribution >= 4 is 21.7 Å². The SMILES string of the molecule is CC1([C@H](OS(C)(=O)=O)[C@H]2CCCN(c3ccccc3)C2=O)OCCO1. The Morgan fingerprint density at radius 1 is 1.24 bits per heavy atom. The summed E-state index contributed by atoms with van der Waals surface area (Å²) in [5.41, 5.74) is 0.786. The van der Waals surface area contributed by atoms with Crippen molar-refractivity contribution in [2.75, 3.05) is 30.9 Å². The van der Waals surface area contributed by atoms with E-state index in [0.29, 0.717) is 26.2 Å². The summed E-state index contributed by atoms with van der Waals surface area (Å²) < 4.78 is 40.1. The maximum Gasteiger partial charge on any atom is 0.264 e. The minimum absolute atomic E-state index is 0.175. The zero-order chi connectivity index (χ0) is 18.1. The summed E-state index contributed by atoms with van der Waals surface area (Å²) in [4.78, 5) is 14.8. The minimum atomic E-state index is -3.78. The number of carbonyl (C=O) groups is 1. The van der Waals surface area contributed by atoms with Crippen LogP contribution in [0.25, 0.3) is 0 Å². The summed E-state index contributed by atoms with van der Waals surface area (Å²) in [6, 6.07) is 9.32. The number of ether oxygens (including phenoxy) is 2. The van der Waals surface area contributed by atoms with E-state index in [1.165, 1.54) is 0 Å². The Morgan fingerprint density at radius 2 is 1.88 bits per heavy atom. The van der Waals surface area contributed by atoms with Crippen molar-refractivity contribution in [2.45, 2.75) is 31.7 Å². The van der Waals surface area contributed by atoms with E-state index in [1.807, 2.05) is 30.3 Å². The topological polar surface area (TPSA) is 82.1 Å². The highest BCUT2D eigenvalue weighted by molar-refractivity contribution is 7.86. The number of carbonyl (C=O) groups excluding carboxylic acids is 1. The second kappa shape index (κ2) is 7.03. The fourth-order valence-corrected chi connectivity index (χ4v) is 4.14. The van der Waals surface area contributed by atoms with E-state index in [9.17, 15) is 13.2 Å². The molecule has 0 saturated carbocycles. The number of para-hydroxylation sites is 1. The Balaban J connectivity index is 1.90. The predicted molar refractivity (Wildman–Crippen MR) is 91.5 cm³/mol. The van der Waals surface area contributed by atoms with Crippen LogP contribution >= 0.6 is 0 Å². The third kappa shape index (κ3) is 4.03. The van der Waals surface area contributed by atoms with Crippen molar-refractivity contribution in [1.29, 1.82) is 0 Å². The van der Waals surface area contributed by atoms with Crippen molar-refractivity contribution in [3.05, 3.63) is 30.3 Å². The predicted octanol–water partition coefficient (Wildman–Crippen LogP) is 1.54. The standard InChI is InChI=1S/C17H23NO6S/c1-17(22-11-12-23-17)15(24-25(2,20)21)14-9-6-10-18(16(14)19)13-7-4-3-5-8-13/h3-5,7-8,14-15H,6,9-12H2,1-2H3/t14-,15-/m1/s1. The van der Waals surface area contributed by atoms with Crippen LogP contribution in [-0.4, -0.2) is 52.2 Å². The van der Waals surface area contributed by atoms with Gasteiger partial charge in [0.2, 0.25) is 5.91 Å². The minimum Gasteiger partial charge on any atom is -0.345 e. The third-order valence-electron chi connectivity index (χ3n) is 4.57. The van der Waals surface area contributed by atoms with E-state index in [4.69, 9.17) is 13.7 Å². The van der Waals surface area contributed by atoms with Crippen LogP contribution < -0.4 is 4.90 Å². The molecule has 0 unspecified atom stereocenters. The number of anilines is 1. The van der Waals surface area contributed by atoms with Crippen molar-refractivity contribution in [3.63, 3.8) is 0 Å². The molecule has 2 saturated heterocycles. The summed E-state index contributed by atoms with van der Waals surface area (Å²) >= 11 is 0. The first kappa shape index (κ1) is 18.3. The van der Waals surface area contributed by atoms with Gasteiger partial charge in [-0.2, -0.15) is 8.42 Å². The maximum atomic E-state index is 13.1. The van der Waals surface area contributed by atoms with Gasteiger partial charge in [0, 0.05) is 12.2 Å². The van der Waals surface area contributed by atoms with Crippen molar-refractivity contribution < 1.29 is 26.9 Å². The van der Waals surface area contributed by atoms with Crippen LogP contribution in [-0.2, 0) is 28.6 Å². The lowest BCUT2D eigenvalue weighted by molar-refractivity contribution is -0.212. The van der Waals surface area contributed by atoms with Crippen LogP contribution in [0.5, 0.6) is 0 Å². The molecule has 2 aliphatic heterocycles. The zero-order valence-electron chi connectivity index (χ0n) is 14.4. The second-order valence-corrected chi connectivity index (χ2v) is 8.11. The molecule has 0 spiro atoms. The normalized spacial score (nSPS) is 25.1. The largest absolute Gasteiger partial charge is 0.345 e. The molecule has 3 rings (SSSR count). The number of amides is 1. The van der Waals surface area contributed by atoms with Crippen LogP contribution in [0.4, 0.5) is 5.69 Å². The fourth-order valence-electron chi connectivity index (χ4n) is 3.45. The molecule has 1 aromatic carbocycles. The van der Waals surface area contributed by atoms with E-state index in [0.717, 1.165) is 18.4 Å². The molecule has 2 aliphatic rings. The molecule has 0 aliphatic carbocycles. The lowest BCUT2D eigenvalue weighted by Gasteiger charge is -2.40. The first-order valence-electron chi connectivity index (χ1n) is 8.33. The highest BCUT2D eigenvalue weighted by Crippen LogP contribution is 2.36. The molecule has 1 amide bonds. The molecule has 0 radical (unpaired) electrons. The molecule has 2 atom stereocenters. The Morgan fingerprint density at radius 3 is 2.48 bits per heavy atom. The van der Waals surface area contributed by atoms with Crippen molar-refractivity contribution in [1.82, 2.24) is 0 Å². The monoisotopic (exact) mass is 369 g/mol. The van der Waals surface area contributed by atoms with Gasteiger partial charge in [0.1, 0.15) is 6.10 Å². The zero-order valence-corrected chi connectivity index (χ0v) is 15.2. The molecular formula is C17H23NO6S. The average molecular weight is 369 g/mol. The molecule has 138 valence electrons. The van der Waals surface area contributed by atoms with Gasteiger partial charge in [-0.25, -0.2) is 0 Å². The Kier molecular flexibility index (Phi) is 5.15. The van der Waals surface area contributed by atoms with E-state index in [1.54, 1.807) is 11.8 Å². The quantitative estimate of drug-likeness (QED) is 0.732. The van der Waals surface area contributed by atoms with Gasteiger partial charge >= 0.3 is 0 Å². The first-order valence-corrected chi connectivity index (χ1v) is 10.1. The molecule has 2 heterocycles. The van der Waals surface area contributed by atoms with Crippen LogP contribution in [0.1, 0.15) is 19.8 Å². The van der Waals surface area contributed by atoms with E-state index >= 15 is 0 Å². The Hall–Kier alpha value is -1.48. The van der Waals surface area contributed by atoms with E-state index in [2.05, 4.69) is 0 Å². The van der Waals surface area contributed by atoms with Gasteiger partial charge in [0.05, 0.1) is 25.4 Å². The van der Waals surface area contributed by atoms with Crippen molar-refractivity contribution in [3.8, 4) is 0 Å². The van der Waals surface area contributed by atoms with E-state index < -0.39 is 27.9 Å². The average Bonchev–Trinajstić information content (AvgIpc) is 3.01. The van der Waals surface area contributed by atoms with Gasteiger partial charge in [0.15, 0.2) is 5.79 Å². The molecule has 2 fully saturated rings. The van der Waals surface area contributed by atoms with Crippen molar-refractivity contribution in [2.24, 2.45) is 5.92 Å². The molecule has 0 aromatic heterocycles. The molecular weight excluding hydrogens is 346 g/mol. The van der Waals surface area contributed by atoms with Gasteiger partial charge in [-0.1, -0.05) is 18.2 Å². The van der Waals surface area contributed by atoms with Gasteiger partial charge in [-0.15, -0.1) is 0 Å². The highest BCUT2D eigenvalue weighted by Gasteiger charge is 2.51. The summed E-state index contributed by atoms with van der Waals surface area (Å²) in [6.07, 6.45) is 1.21. The number of hydrogen-bond acceptors (Lipinski definition) is 6. The van der Waals surface area contributed by atoms with Crippen LogP contribution in [0.3, 0.4) is 0 Å². The number of benzene rings is 1. The third-order valence-corrected chi connectivity index (χ3v) is 5.13. The smallest absolute Gasteiger partial charge is 0.264 e. The number of piperidine rings is 1. The molecule has 1 aromatic rings. The Labute approximate surface area is 148 Å². The lowest BCUT2D eigenvalue weighted by atomic mass is 9.87. The molecule has 25 heavy (non-hydrogen) atoms. The van der Waals surface area contributed by atoms with Crippen LogP contribution in [0.2, 0.25) is 0 Å². The highest BCUT2D eigenvalue weighted by atomic mass is 32.2.